The lowest BCUT2D eigenvalue weighted by atomic mass is 10.1. The Kier molecular flexibility index (Phi) is 6.71. The number of rotatable bonds is 8. The first-order chi connectivity index (χ1) is 8.30. The molecule has 17 heavy (non-hydrogen) atoms. The molecule has 1 rings (SSSR count). The largest absolute Gasteiger partial charge is 0.494 e. The van der Waals surface area contributed by atoms with Crippen LogP contribution in [-0.2, 0) is 13.0 Å². The molecule has 0 aliphatic heterocycles. The summed E-state index contributed by atoms with van der Waals surface area (Å²) in [5, 5.41) is 9.23. The van der Waals surface area contributed by atoms with Crippen molar-refractivity contribution in [2.45, 2.75) is 52.6 Å². The summed E-state index contributed by atoms with van der Waals surface area (Å²) < 4.78 is 5.70. The van der Waals surface area contributed by atoms with E-state index in [9.17, 15) is 5.11 Å². The van der Waals surface area contributed by atoms with Crippen LogP contribution in [0.3, 0.4) is 0 Å². The second-order valence-corrected chi connectivity index (χ2v) is 4.45. The van der Waals surface area contributed by atoms with Crippen molar-refractivity contribution in [2.24, 2.45) is 0 Å². The van der Waals surface area contributed by atoms with Crippen molar-refractivity contribution >= 4 is 0 Å². The molecule has 0 saturated carbocycles. The van der Waals surface area contributed by atoms with E-state index in [-0.39, 0.29) is 6.61 Å². The highest BCUT2D eigenvalue weighted by Crippen LogP contribution is 2.19. The molecule has 0 aliphatic rings. The lowest BCUT2D eigenvalue weighted by Gasteiger charge is -2.10. The van der Waals surface area contributed by atoms with E-state index in [4.69, 9.17) is 4.74 Å². The Morgan fingerprint density at radius 1 is 1.00 bits per heavy atom. The molecule has 1 N–H and O–H groups in total. The van der Waals surface area contributed by atoms with E-state index >= 15 is 0 Å². The van der Waals surface area contributed by atoms with Gasteiger partial charge in [-0.1, -0.05) is 32.8 Å². The minimum atomic E-state index is 0.0874. The summed E-state index contributed by atoms with van der Waals surface area (Å²) in [5.74, 6) is 0.899. The summed E-state index contributed by atoms with van der Waals surface area (Å²) in [6.07, 6.45) is 5.66. The Bertz CT molecular complexity index is 321. The number of ether oxygens (including phenoxy) is 1. The lowest BCUT2D eigenvalue weighted by Crippen LogP contribution is -1.99. The molecule has 96 valence electrons. The number of hydrogen-bond donors (Lipinski definition) is 1. The molecule has 0 saturated heterocycles. The van der Waals surface area contributed by atoms with Crippen molar-refractivity contribution in [1.29, 1.82) is 0 Å². The Labute approximate surface area is 105 Å². The highest BCUT2D eigenvalue weighted by atomic mass is 16.5. The summed E-state index contributed by atoms with van der Waals surface area (Å²) in [5.41, 5.74) is 2.22. The van der Waals surface area contributed by atoms with Crippen LogP contribution in [0.2, 0.25) is 0 Å². The molecule has 0 heterocycles. The van der Waals surface area contributed by atoms with Gasteiger partial charge in [-0.2, -0.15) is 0 Å². The highest BCUT2D eigenvalue weighted by molar-refractivity contribution is 5.34. The minimum absolute atomic E-state index is 0.0874. The summed E-state index contributed by atoms with van der Waals surface area (Å²) in [7, 11) is 0. The molecule has 2 heteroatoms. The molecule has 0 spiro atoms. The molecule has 0 fully saturated rings. The number of hydrogen-bond acceptors (Lipinski definition) is 2. The predicted octanol–water partition coefficient (Wildman–Crippen LogP) is 3.70. The minimum Gasteiger partial charge on any atom is -0.494 e. The van der Waals surface area contributed by atoms with Crippen molar-refractivity contribution < 1.29 is 9.84 Å². The highest BCUT2D eigenvalue weighted by Gasteiger charge is 2.01. The van der Waals surface area contributed by atoms with E-state index in [0.717, 1.165) is 37.2 Å². The second kappa shape index (κ2) is 8.13. The van der Waals surface area contributed by atoms with Gasteiger partial charge in [-0.25, -0.2) is 0 Å². The van der Waals surface area contributed by atoms with Gasteiger partial charge in [0.1, 0.15) is 5.75 Å². The first-order valence-electron chi connectivity index (χ1n) is 6.66. The van der Waals surface area contributed by atoms with Crippen LogP contribution >= 0.6 is 0 Å². The number of unbranched alkanes of at least 4 members (excludes halogenated alkanes) is 2. The van der Waals surface area contributed by atoms with Crippen LogP contribution < -0.4 is 4.74 Å². The summed E-state index contributed by atoms with van der Waals surface area (Å²) in [6, 6.07) is 6.11. The van der Waals surface area contributed by atoms with Gasteiger partial charge in [0.05, 0.1) is 13.2 Å². The third-order valence-electron chi connectivity index (χ3n) is 2.79. The van der Waals surface area contributed by atoms with Crippen LogP contribution in [-0.4, -0.2) is 11.7 Å². The first kappa shape index (κ1) is 14.0. The van der Waals surface area contributed by atoms with Crippen LogP contribution in [0.4, 0.5) is 0 Å². The molecular weight excluding hydrogens is 212 g/mol. The van der Waals surface area contributed by atoms with Gasteiger partial charge in [0.2, 0.25) is 0 Å². The smallest absolute Gasteiger partial charge is 0.119 e. The number of aliphatic hydroxyl groups excluding tert-OH is 1. The van der Waals surface area contributed by atoms with Crippen LogP contribution in [0.5, 0.6) is 5.75 Å². The van der Waals surface area contributed by atoms with Crippen LogP contribution in [0.25, 0.3) is 0 Å². The maximum atomic E-state index is 9.23. The number of aryl methyl sites for hydroxylation is 1. The molecule has 0 aromatic heterocycles. The molecule has 1 aromatic rings. The van der Waals surface area contributed by atoms with E-state index in [2.05, 4.69) is 26.0 Å². The van der Waals surface area contributed by atoms with Crippen LogP contribution in [0.15, 0.2) is 18.2 Å². The van der Waals surface area contributed by atoms with Crippen molar-refractivity contribution in [3.05, 3.63) is 29.3 Å². The first-order valence-corrected chi connectivity index (χ1v) is 6.66. The Balaban J connectivity index is 2.67. The average Bonchev–Trinajstić information content (AvgIpc) is 2.36. The number of aliphatic hydroxyl groups is 1. The fraction of sp³-hybridized carbons (Fsp3) is 0.600. The monoisotopic (exact) mass is 236 g/mol. The third-order valence-corrected chi connectivity index (χ3v) is 2.79. The Morgan fingerprint density at radius 3 is 2.35 bits per heavy atom. The molecule has 0 atom stereocenters. The molecule has 0 aliphatic carbocycles. The SMILES string of the molecule is CCCCOc1cc(CO)cc(CCCC)c1. The van der Waals surface area contributed by atoms with Gasteiger partial charge in [0.15, 0.2) is 0 Å². The molecular formula is C15H24O2. The normalized spacial score (nSPS) is 10.5. The van der Waals surface area contributed by atoms with Gasteiger partial charge in [0.25, 0.3) is 0 Å². The molecule has 0 amide bonds. The van der Waals surface area contributed by atoms with Gasteiger partial charge in [-0.05, 0) is 42.5 Å². The van der Waals surface area contributed by atoms with Crippen LogP contribution in [0.1, 0.15) is 50.7 Å². The maximum Gasteiger partial charge on any atom is 0.119 e. The second-order valence-electron chi connectivity index (χ2n) is 4.45. The van der Waals surface area contributed by atoms with E-state index in [1.54, 1.807) is 0 Å². The summed E-state index contributed by atoms with van der Waals surface area (Å²) in [4.78, 5) is 0. The predicted molar refractivity (Wildman–Crippen MR) is 71.4 cm³/mol. The van der Waals surface area contributed by atoms with Crippen molar-refractivity contribution in [1.82, 2.24) is 0 Å². The molecule has 0 radical (unpaired) electrons. The van der Waals surface area contributed by atoms with Crippen molar-refractivity contribution in [2.75, 3.05) is 6.61 Å². The molecule has 0 bridgehead atoms. The van der Waals surface area contributed by atoms with Crippen LogP contribution in [0, 0.1) is 0 Å². The molecule has 0 unspecified atom stereocenters. The van der Waals surface area contributed by atoms with Gasteiger partial charge < -0.3 is 9.84 Å². The molecule has 2 nitrogen and oxygen atoms in total. The van der Waals surface area contributed by atoms with Gasteiger partial charge in [-0.3, -0.25) is 0 Å². The Morgan fingerprint density at radius 2 is 1.71 bits per heavy atom. The molecule has 1 aromatic carbocycles. The van der Waals surface area contributed by atoms with Gasteiger partial charge >= 0.3 is 0 Å². The summed E-state index contributed by atoms with van der Waals surface area (Å²) in [6.45, 7) is 5.19. The van der Waals surface area contributed by atoms with Gasteiger partial charge in [0, 0.05) is 0 Å². The Hall–Kier alpha value is -1.02. The van der Waals surface area contributed by atoms with Gasteiger partial charge in [-0.15, -0.1) is 0 Å². The maximum absolute atomic E-state index is 9.23. The zero-order chi connectivity index (χ0) is 12.5. The average molecular weight is 236 g/mol. The van der Waals surface area contributed by atoms with E-state index in [1.807, 2.05) is 6.07 Å². The number of benzene rings is 1. The van der Waals surface area contributed by atoms with Crippen molar-refractivity contribution in [3.8, 4) is 5.75 Å². The summed E-state index contributed by atoms with van der Waals surface area (Å²) >= 11 is 0. The fourth-order valence-electron chi connectivity index (χ4n) is 1.76. The zero-order valence-corrected chi connectivity index (χ0v) is 11.0. The standard InChI is InChI=1S/C15H24O2/c1-3-5-7-13-9-14(12-16)11-15(10-13)17-8-6-4-2/h9-11,16H,3-8,12H2,1-2H3. The topological polar surface area (TPSA) is 29.5 Å². The van der Waals surface area contributed by atoms with Crippen molar-refractivity contribution in [3.63, 3.8) is 0 Å². The van der Waals surface area contributed by atoms with E-state index in [0.29, 0.717) is 0 Å². The zero-order valence-electron chi connectivity index (χ0n) is 11.0. The lowest BCUT2D eigenvalue weighted by molar-refractivity contribution is 0.278. The van der Waals surface area contributed by atoms with E-state index < -0.39 is 0 Å². The van der Waals surface area contributed by atoms with E-state index in [1.165, 1.54) is 18.4 Å². The quantitative estimate of drug-likeness (QED) is 0.697. The fourth-order valence-corrected chi connectivity index (χ4v) is 1.76. The third kappa shape index (κ3) is 5.22.